The molecule has 0 saturated carbocycles. The minimum Gasteiger partial charge on any atom is -0.309 e. The van der Waals surface area contributed by atoms with Crippen molar-refractivity contribution in [3.8, 4) is 0 Å². The van der Waals surface area contributed by atoms with Gasteiger partial charge in [0, 0.05) is 18.8 Å². The molecule has 2 aromatic rings. The van der Waals surface area contributed by atoms with E-state index in [1.807, 2.05) is 6.20 Å². The highest BCUT2D eigenvalue weighted by Gasteiger charge is 2.03. The van der Waals surface area contributed by atoms with E-state index in [0.717, 1.165) is 13.1 Å². The van der Waals surface area contributed by atoms with Crippen LogP contribution in [-0.2, 0) is 13.1 Å². The summed E-state index contributed by atoms with van der Waals surface area (Å²) in [6.45, 7) is 8.11. The van der Waals surface area contributed by atoms with Crippen LogP contribution in [0.15, 0.2) is 36.5 Å². The zero-order valence-corrected chi connectivity index (χ0v) is 11.4. The molecule has 0 aliphatic heterocycles. The van der Waals surface area contributed by atoms with E-state index in [4.69, 9.17) is 0 Å². The summed E-state index contributed by atoms with van der Waals surface area (Å²) in [6.07, 6.45) is 1.87. The third-order valence-corrected chi connectivity index (χ3v) is 2.95. The lowest BCUT2D eigenvalue weighted by Gasteiger charge is -2.11. The highest BCUT2D eigenvalue weighted by atomic mass is 15.3. The van der Waals surface area contributed by atoms with Crippen LogP contribution in [-0.4, -0.2) is 15.8 Å². The maximum atomic E-state index is 4.39. The van der Waals surface area contributed by atoms with Crippen molar-refractivity contribution in [3.05, 3.63) is 53.3 Å². The zero-order chi connectivity index (χ0) is 13.0. The molecule has 1 aromatic heterocycles. The summed E-state index contributed by atoms with van der Waals surface area (Å²) in [7, 11) is 0. The minimum atomic E-state index is 0.493. The lowest BCUT2D eigenvalue weighted by atomic mass is 10.1. The Morgan fingerprint density at radius 1 is 1.17 bits per heavy atom. The second-order valence-electron chi connectivity index (χ2n) is 5.00. The Hall–Kier alpha value is -1.61. The van der Waals surface area contributed by atoms with Gasteiger partial charge in [0.15, 0.2) is 0 Å². The molecule has 0 fully saturated rings. The van der Waals surface area contributed by atoms with Crippen LogP contribution in [0.4, 0.5) is 0 Å². The maximum absolute atomic E-state index is 4.39. The van der Waals surface area contributed by atoms with Gasteiger partial charge in [-0.15, -0.1) is 0 Å². The molecule has 0 aliphatic carbocycles. The van der Waals surface area contributed by atoms with Gasteiger partial charge >= 0.3 is 0 Å². The number of aromatic nitrogens is 2. The van der Waals surface area contributed by atoms with Crippen molar-refractivity contribution in [3.63, 3.8) is 0 Å². The first-order valence-electron chi connectivity index (χ1n) is 6.45. The number of hydrogen-bond donors (Lipinski definition) is 1. The molecule has 96 valence electrons. The van der Waals surface area contributed by atoms with Gasteiger partial charge in [-0.1, -0.05) is 43.7 Å². The van der Waals surface area contributed by atoms with Crippen LogP contribution < -0.4 is 5.32 Å². The van der Waals surface area contributed by atoms with Gasteiger partial charge in [-0.2, -0.15) is 5.10 Å². The van der Waals surface area contributed by atoms with Crippen molar-refractivity contribution in [1.29, 1.82) is 0 Å². The fourth-order valence-corrected chi connectivity index (χ4v) is 1.83. The quantitative estimate of drug-likeness (QED) is 0.875. The largest absolute Gasteiger partial charge is 0.309 e. The number of nitrogens with one attached hydrogen (secondary N) is 1. The van der Waals surface area contributed by atoms with Gasteiger partial charge in [-0.3, -0.25) is 4.68 Å². The van der Waals surface area contributed by atoms with Crippen LogP contribution in [0.5, 0.6) is 0 Å². The molecule has 0 radical (unpaired) electrons. The highest BCUT2D eigenvalue weighted by molar-refractivity contribution is 5.21. The van der Waals surface area contributed by atoms with Crippen molar-refractivity contribution < 1.29 is 0 Å². The van der Waals surface area contributed by atoms with Crippen molar-refractivity contribution in [2.75, 3.05) is 0 Å². The molecule has 2 rings (SSSR count). The van der Waals surface area contributed by atoms with E-state index >= 15 is 0 Å². The molecule has 0 atom stereocenters. The fraction of sp³-hybridized carbons (Fsp3) is 0.400. The first kappa shape index (κ1) is 12.8. The molecule has 0 bridgehead atoms. The number of nitrogens with zero attached hydrogens (tertiary/aromatic N) is 2. The van der Waals surface area contributed by atoms with Gasteiger partial charge in [0.05, 0.1) is 12.2 Å². The van der Waals surface area contributed by atoms with Gasteiger partial charge in [0.25, 0.3) is 0 Å². The molecule has 1 aromatic carbocycles. The molecular formula is C15H21N3. The Morgan fingerprint density at radius 2 is 1.89 bits per heavy atom. The predicted molar refractivity (Wildman–Crippen MR) is 74.5 cm³/mol. The summed E-state index contributed by atoms with van der Waals surface area (Å²) in [5.41, 5.74) is 3.81. The van der Waals surface area contributed by atoms with Gasteiger partial charge in [0.2, 0.25) is 0 Å². The van der Waals surface area contributed by atoms with Crippen molar-refractivity contribution in [1.82, 2.24) is 15.1 Å². The van der Waals surface area contributed by atoms with Gasteiger partial charge < -0.3 is 5.32 Å². The Kier molecular flexibility index (Phi) is 4.15. The second-order valence-corrected chi connectivity index (χ2v) is 5.00. The maximum Gasteiger partial charge on any atom is 0.0663 e. The average molecular weight is 243 g/mol. The molecule has 18 heavy (non-hydrogen) atoms. The summed E-state index contributed by atoms with van der Waals surface area (Å²) in [6, 6.07) is 11.2. The molecule has 0 amide bonds. The zero-order valence-electron chi connectivity index (χ0n) is 11.4. The summed E-state index contributed by atoms with van der Waals surface area (Å²) >= 11 is 0. The van der Waals surface area contributed by atoms with Crippen LogP contribution in [0.1, 0.15) is 30.7 Å². The Balaban J connectivity index is 2.05. The molecule has 1 heterocycles. The van der Waals surface area contributed by atoms with Gasteiger partial charge in [-0.05, 0) is 18.6 Å². The second kappa shape index (κ2) is 5.83. The Bertz CT molecular complexity index is 483. The normalized spacial score (nSPS) is 11.1. The molecule has 3 nitrogen and oxygen atoms in total. The molecule has 0 unspecified atom stereocenters. The number of rotatable bonds is 5. The SMILES string of the molecule is Cc1ccc(Cn2nccc2CNC(C)C)cc1. The van der Waals surface area contributed by atoms with Crippen molar-refractivity contribution in [2.24, 2.45) is 0 Å². The summed E-state index contributed by atoms with van der Waals surface area (Å²) < 4.78 is 2.06. The standard InChI is InChI=1S/C15H21N3/c1-12(2)16-10-15-8-9-17-18(15)11-14-6-4-13(3)5-7-14/h4-9,12,16H,10-11H2,1-3H3. The third kappa shape index (κ3) is 3.44. The molecule has 0 spiro atoms. The van der Waals surface area contributed by atoms with Gasteiger partial charge in [0.1, 0.15) is 0 Å². The molecule has 0 aliphatic rings. The summed E-state index contributed by atoms with van der Waals surface area (Å²) in [4.78, 5) is 0. The van der Waals surface area contributed by atoms with Crippen molar-refractivity contribution >= 4 is 0 Å². The number of hydrogen-bond acceptors (Lipinski definition) is 2. The highest BCUT2D eigenvalue weighted by Crippen LogP contribution is 2.07. The van der Waals surface area contributed by atoms with Crippen molar-refractivity contribution in [2.45, 2.75) is 39.9 Å². The number of aryl methyl sites for hydroxylation is 1. The van der Waals surface area contributed by atoms with E-state index in [2.05, 4.69) is 66.2 Å². The first-order chi connectivity index (χ1) is 8.65. The lowest BCUT2D eigenvalue weighted by molar-refractivity contribution is 0.547. The van der Waals surface area contributed by atoms with Crippen LogP contribution >= 0.6 is 0 Å². The monoisotopic (exact) mass is 243 g/mol. The molecule has 0 saturated heterocycles. The Labute approximate surface area is 109 Å². The van der Waals surface area contributed by atoms with E-state index in [9.17, 15) is 0 Å². The average Bonchev–Trinajstić information content (AvgIpc) is 2.77. The van der Waals surface area contributed by atoms with E-state index < -0.39 is 0 Å². The van der Waals surface area contributed by atoms with Crippen LogP contribution in [0.25, 0.3) is 0 Å². The number of benzene rings is 1. The smallest absolute Gasteiger partial charge is 0.0663 e. The summed E-state index contributed by atoms with van der Waals surface area (Å²) in [5.74, 6) is 0. The molecular weight excluding hydrogens is 222 g/mol. The fourth-order valence-electron chi connectivity index (χ4n) is 1.83. The minimum absolute atomic E-state index is 0.493. The lowest BCUT2D eigenvalue weighted by Crippen LogP contribution is -2.23. The van der Waals surface area contributed by atoms with E-state index in [-0.39, 0.29) is 0 Å². The molecule has 3 heteroatoms. The Morgan fingerprint density at radius 3 is 2.56 bits per heavy atom. The molecule has 1 N–H and O–H groups in total. The van der Waals surface area contributed by atoms with Crippen LogP contribution in [0, 0.1) is 6.92 Å². The van der Waals surface area contributed by atoms with Crippen LogP contribution in [0.3, 0.4) is 0 Å². The third-order valence-electron chi connectivity index (χ3n) is 2.95. The van der Waals surface area contributed by atoms with E-state index in [1.54, 1.807) is 0 Å². The van der Waals surface area contributed by atoms with E-state index in [0.29, 0.717) is 6.04 Å². The van der Waals surface area contributed by atoms with Gasteiger partial charge in [-0.25, -0.2) is 0 Å². The van der Waals surface area contributed by atoms with E-state index in [1.165, 1.54) is 16.8 Å². The van der Waals surface area contributed by atoms with Crippen LogP contribution in [0.2, 0.25) is 0 Å². The first-order valence-corrected chi connectivity index (χ1v) is 6.45. The topological polar surface area (TPSA) is 29.9 Å². The predicted octanol–water partition coefficient (Wildman–Crippen LogP) is 2.74. The summed E-state index contributed by atoms with van der Waals surface area (Å²) in [5, 5.41) is 7.81.